The van der Waals surface area contributed by atoms with Gasteiger partial charge < -0.3 is 10.0 Å². The van der Waals surface area contributed by atoms with Crippen LogP contribution in [0.1, 0.15) is 22.8 Å². The highest BCUT2D eigenvalue weighted by Gasteiger charge is 2.10. The molecule has 0 heterocycles. The second-order valence-electron chi connectivity index (χ2n) is 3.27. The van der Waals surface area contributed by atoms with Crippen molar-refractivity contribution in [3.05, 3.63) is 34.3 Å². The van der Waals surface area contributed by atoms with Crippen LogP contribution in [0.15, 0.2) is 18.2 Å². The van der Waals surface area contributed by atoms with E-state index in [0.717, 1.165) is 5.56 Å². The van der Waals surface area contributed by atoms with Gasteiger partial charge in [-0.2, -0.15) is 0 Å². The fourth-order valence-corrected chi connectivity index (χ4v) is 1.48. The second-order valence-corrected chi connectivity index (χ2v) is 3.68. The number of halogens is 1. The fourth-order valence-electron chi connectivity index (χ4n) is 1.32. The largest absolute Gasteiger partial charge is 0.465 e. The third-order valence-electron chi connectivity index (χ3n) is 2.21. The predicted molar refractivity (Wildman–Crippen MR) is 60.9 cm³/mol. The number of hydrogen-bond acceptors (Lipinski definition) is 2. The summed E-state index contributed by atoms with van der Waals surface area (Å²) in [6, 6.07) is 4.90. The molecule has 0 aliphatic carbocycles. The second kappa shape index (κ2) is 5.51. The zero-order valence-electron chi connectivity index (χ0n) is 8.81. The molecular formula is C11H12ClNO3. The van der Waals surface area contributed by atoms with E-state index in [9.17, 15) is 9.59 Å². The van der Waals surface area contributed by atoms with Crippen LogP contribution in [0.5, 0.6) is 0 Å². The summed E-state index contributed by atoms with van der Waals surface area (Å²) in [6.45, 7) is 2.41. The number of amides is 1. The fraction of sp³-hybridized carbons (Fsp3) is 0.273. The van der Waals surface area contributed by atoms with Gasteiger partial charge in [0.25, 0.3) is 0 Å². The van der Waals surface area contributed by atoms with Crippen LogP contribution in [-0.4, -0.2) is 28.9 Å². The molecular weight excluding hydrogens is 230 g/mol. The molecule has 0 bridgehead atoms. The number of carbonyl (C=O) groups is 2. The van der Waals surface area contributed by atoms with E-state index in [1.165, 1.54) is 4.90 Å². The zero-order valence-corrected chi connectivity index (χ0v) is 9.57. The molecule has 0 aliphatic heterocycles. The van der Waals surface area contributed by atoms with Crippen molar-refractivity contribution in [2.24, 2.45) is 0 Å². The normalized spacial score (nSPS) is 9.88. The summed E-state index contributed by atoms with van der Waals surface area (Å²) in [7, 11) is 0. The van der Waals surface area contributed by atoms with Crippen LogP contribution in [-0.2, 0) is 6.54 Å². The first kappa shape index (κ1) is 12.5. The third-order valence-corrected chi connectivity index (χ3v) is 2.56. The van der Waals surface area contributed by atoms with E-state index < -0.39 is 6.09 Å². The lowest BCUT2D eigenvalue weighted by atomic mass is 10.1. The summed E-state index contributed by atoms with van der Waals surface area (Å²) in [5, 5.41) is 9.22. The Morgan fingerprint density at radius 3 is 2.75 bits per heavy atom. The average Bonchev–Trinajstić information content (AvgIpc) is 2.27. The lowest BCUT2D eigenvalue weighted by Crippen LogP contribution is -2.28. The van der Waals surface area contributed by atoms with Gasteiger partial charge in [-0.15, -0.1) is 0 Å². The Morgan fingerprint density at radius 2 is 2.25 bits per heavy atom. The molecule has 1 N–H and O–H groups in total. The minimum absolute atomic E-state index is 0.254. The van der Waals surface area contributed by atoms with Gasteiger partial charge in [-0.05, 0) is 24.6 Å². The molecule has 0 unspecified atom stereocenters. The molecule has 0 aromatic heterocycles. The van der Waals surface area contributed by atoms with Crippen molar-refractivity contribution in [1.29, 1.82) is 0 Å². The molecule has 4 nitrogen and oxygen atoms in total. The molecule has 0 saturated carbocycles. The van der Waals surface area contributed by atoms with Crippen molar-refractivity contribution in [3.8, 4) is 0 Å². The van der Waals surface area contributed by atoms with Crippen LogP contribution in [0.4, 0.5) is 4.79 Å². The monoisotopic (exact) mass is 241 g/mol. The molecule has 0 atom stereocenters. The molecule has 0 radical (unpaired) electrons. The number of carbonyl (C=O) groups excluding carboxylic acids is 1. The maximum absolute atomic E-state index is 10.8. The molecule has 1 aromatic rings. The van der Waals surface area contributed by atoms with E-state index in [-0.39, 0.29) is 6.54 Å². The van der Waals surface area contributed by atoms with Crippen LogP contribution < -0.4 is 0 Å². The highest BCUT2D eigenvalue weighted by atomic mass is 35.5. The van der Waals surface area contributed by atoms with E-state index in [1.807, 2.05) is 0 Å². The number of nitrogens with zero attached hydrogens (tertiary/aromatic N) is 1. The summed E-state index contributed by atoms with van der Waals surface area (Å²) in [5.74, 6) is 0. The number of hydrogen-bond donors (Lipinski definition) is 1. The van der Waals surface area contributed by atoms with Crippen molar-refractivity contribution >= 4 is 24.0 Å². The van der Waals surface area contributed by atoms with Gasteiger partial charge in [0, 0.05) is 18.7 Å². The Balaban J connectivity index is 2.89. The lowest BCUT2D eigenvalue weighted by Gasteiger charge is -2.17. The van der Waals surface area contributed by atoms with Crippen LogP contribution >= 0.6 is 11.6 Å². The van der Waals surface area contributed by atoms with E-state index in [2.05, 4.69) is 0 Å². The van der Waals surface area contributed by atoms with E-state index in [4.69, 9.17) is 16.7 Å². The van der Waals surface area contributed by atoms with Gasteiger partial charge in [-0.25, -0.2) is 4.79 Å². The predicted octanol–water partition coefficient (Wildman–Crippen LogP) is 2.65. The Labute approximate surface area is 98.4 Å². The van der Waals surface area contributed by atoms with Gasteiger partial charge >= 0.3 is 6.09 Å². The summed E-state index contributed by atoms with van der Waals surface area (Å²) in [4.78, 5) is 22.7. The molecule has 16 heavy (non-hydrogen) atoms. The summed E-state index contributed by atoms with van der Waals surface area (Å²) in [6.07, 6.45) is -0.326. The highest BCUT2D eigenvalue weighted by molar-refractivity contribution is 6.32. The summed E-state index contributed by atoms with van der Waals surface area (Å²) >= 11 is 5.77. The van der Waals surface area contributed by atoms with Gasteiger partial charge in [0.1, 0.15) is 0 Å². The number of aldehydes is 1. The minimum atomic E-state index is -0.981. The van der Waals surface area contributed by atoms with Crippen molar-refractivity contribution in [2.45, 2.75) is 13.5 Å². The molecule has 0 aliphatic rings. The van der Waals surface area contributed by atoms with E-state index in [0.29, 0.717) is 23.4 Å². The number of benzene rings is 1. The first-order valence-electron chi connectivity index (χ1n) is 4.80. The Hall–Kier alpha value is -1.55. The van der Waals surface area contributed by atoms with Crippen molar-refractivity contribution in [3.63, 3.8) is 0 Å². The summed E-state index contributed by atoms with van der Waals surface area (Å²) in [5.41, 5.74) is 1.12. The summed E-state index contributed by atoms with van der Waals surface area (Å²) < 4.78 is 0. The van der Waals surface area contributed by atoms with Crippen molar-refractivity contribution < 1.29 is 14.7 Å². The maximum atomic E-state index is 10.8. The molecule has 1 rings (SSSR count). The van der Waals surface area contributed by atoms with Crippen LogP contribution in [0, 0.1) is 0 Å². The molecule has 1 aromatic carbocycles. The van der Waals surface area contributed by atoms with E-state index >= 15 is 0 Å². The molecule has 86 valence electrons. The van der Waals surface area contributed by atoms with Gasteiger partial charge in [0.2, 0.25) is 0 Å². The first-order chi connectivity index (χ1) is 7.58. The Morgan fingerprint density at radius 1 is 1.56 bits per heavy atom. The van der Waals surface area contributed by atoms with Gasteiger partial charge in [-0.1, -0.05) is 17.7 Å². The maximum Gasteiger partial charge on any atom is 0.407 e. The zero-order chi connectivity index (χ0) is 12.1. The molecule has 0 saturated heterocycles. The molecule has 1 amide bonds. The topological polar surface area (TPSA) is 57.6 Å². The quantitative estimate of drug-likeness (QED) is 0.825. The Kier molecular flexibility index (Phi) is 4.31. The van der Waals surface area contributed by atoms with Crippen LogP contribution in [0.25, 0.3) is 0 Å². The standard InChI is InChI=1S/C11H12ClNO3/c1-2-13(11(15)16)6-8-3-4-10(12)9(5-8)7-14/h3-5,7H,2,6H2,1H3,(H,15,16). The SMILES string of the molecule is CCN(Cc1ccc(Cl)c(C=O)c1)C(=O)O. The molecule has 5 heteroatoms. The van der Waals surface area contributed by atoms with E-state index in [1.54, 1.807) is 25.1 Å². The molecule has 0 fully saturated rings. The van der Waals surface area contributed by atoms with Crippen LogP contribution in [0.2, 0.25) is 5.02 Å². The number of rotatable bonds is 4. The number of carboxylic acid groups (broad SMARTS) is 1. The third kappa shape index (κ3) is 2.97. The minimum Gasteiger partial charge on any atom is -0.465 e. The lowest BCUT2D eigenvalue weighted by molar-refractivity contribution is 0.112. The van der Waals surface area contributed by atoms with Crippen molar-refractivity contribution in [1.82, 2.24) is 4.90 Å². The molecule has 0 spiro atoms. The van der Waals surface area contributed by atoms with Crippen molar-refractivity contribution in [2.75, 3.05) is 6.54 Å². The van der Waals surface area contributed by atoms with Gasteiger partial charge in [-0.3, -0.25) is 4.79 Å². The average molecular weight is 242 g/mol. The van der Waals surface area contributed by atoms with Crippen LogP contribution in [0.3, 0.4) is 0 Å². The smallest absolute Gasteiger partial charge is 0.407 e. The highest BCUT2D eigenvalue weighted by Crippen LogP contribution is 2.16. The van der Waals surface area contributed by atoms with Gasteiger partial charge in [0.15, 0.2) is 6.29 Å². The first-order valence-corrected chi connectivity index (χ1v) is 5.17. The van der Waals surface area contributed by atoms with Gasteiger partial charge in [0.05, 0.1) is 5.02 Å². The Bertz CT molecular complexity index is 406.